The van der Waals surface area contributed by atoms with E-state index in [1.54, 1.807) is 44.2 Å². The van der Waals surface area contributed by atoms with Crippen LogP contribution < -0.4 is 9.62 Å². The average Bonchev–Trinajstić information content (AvgIpc) is 2.83. The molecule has 3 rings (SSSR count). The lowest BCUT2D eigenvalue weighted by atomic mass is 9.95. The molecule has 1 aliphatic carbocycles. The second-order valence-electron chi connectivity index (χ2n) is 9.48. The average molecular weight is 589 g/mol. The van der Waals surface area contributed by atoms with E-state index >= 15 is 0 Å². The number of hydrogen-bond acceptors (Lipinski definition) is 4. The van der Waals surface area contributed by atoms with Gasteiger partial charge in [0.25, 0.3) is 0 Å². The summed E-state index contributed by atoms with van der Waals surface area (Å²) in [4.78, 5) is 28.2. The van der Waals surface area contributed by atoms with Crippen molar-refractivity contribution in [3.05, 3.63) is 62.6 Å². The van der Waals surface area contributed by atoms with Gasteiger partial charge in [0, 0.05) is 27.7 Å². The molecule has 37 heavy (non-hydrogen) atoms. The zero-order valence-electron chi connectivity index (χ0n) is 21.1. The molecule has 0 aliphatic heterocycles. The van der Waals surface area contributed by atoms with Crippen LogP contribution in [0.25, 0.3) is 0 Å². The molecule has 1 aliphatic rings. The van der Waals surface area contributed by atoms with Crippen LogP contribution in [-0.4, -0.2) is 50.0 Å². The molecule has 0 aromatic heterocycles. The van der Waals surface area contributed by atoms with Gasteiger partial charge in [-0.1, -0.05) is 66.2 Å². The molecule has 7 nitrogen and oxygen atoms in total. The van der Waals surface area contributed by atoms with Gasteiger partial charge < -0.3 is 10.2 Å². The molecule has 0 saturated heterocycles. The van der Waals surface area contributed by atoms with Crippen molar-refractivity contribution in [1.82, 2.24) is 10.2 Å². The second-order valence-corrected chi connectivity index (χ2v) is 12.6. The van der Waals surface area contributed by atoms with Crippen molar-refractivity contribution in [2.24, 2.45) is 0 Å². The highest BCUT2D eigenvalue weighted by molar-refractivity contribution is 7.92. The number of aryl methyl sites for hydroxylation is 1. The summed E-state index contributed by atoms with van der Waals surface area (Å²) in [5, 5.41) is 4.22. The van der Waals surface area contributed by atoms with Gasteiger partial charge in [-0.2, -0.15) is 0 Å². The first-order chi connectivity index (χ1) is 17.4. The van der Waals surface area contributed by atoms with Gasteiger partial charge in [0.05, 0.1) is 11.9 Å². The minimum atomic E-state index is -3.85. The molecule has 2 aromatic carbocycles. The third-order valence-corrected chi connectivity index (χ3v) is 8.73. The molecular formula is C26H32Cl3N3O4S. The number of benzene rings is 2. The SMILES string of the molecule is Cc1ccc(N(CC(=O)N(Cc2ccc(Cl)cc2Cl)[C@H](C)C(=O)NC2CCCCC2)S(C)(=O)=O)cc1Cl. The molecular weight excluding hydrogens is 557 g/mol. The summed E-state index contributed by atoms with van der Waals surface area (Å²) in [7, 11) is -3.85. The highest BCUT2D eigenvalue weighted by Crippen LogP contribution is 2.27. The van der Waals surface area contributed by atoms with Gasteiger partial charge >= 0.3 is 0 Å². The quantitative estimate of drug-likeness (QED) is 0.414. The van der Waals surface area contributed by atoms with Gasteiger partial charge in [0.15, 0.2) is 0 Å². The molecule has 1 N–H and O–H groups in total. The predicted molar refractivity (Wildman–Crippen MR) is 150 cm³/mol. The molecule has 0 unspecified atom stereocenters. The normalized spacial score (nSPS) is 15.2. The molecule has 1 fully saturated rings. The highest BCUT2D eigenvalue weighted by Gasteiger charge is 2.31. The summed E-state index contributed by atoms with van der Waals surface area (Å²) in [6, 6.07) is 8.86. The first-order valence-electron chi connectivity index (χ1n) is 12.1. The molecule has 1 atom stereocenters. The summed E-state index contributed by atoms with van der Waals surface area (Å²) >= 11 is 18.6. The van der Waals surface area contributed by atoms with Crippen LogP contribution in [0.1, 0.15) is 50.2 Å². The number of hydrogen-bond donors (Lipinski definition) is 1. The van der Waals surface area contributed by atoms with Crippen molar-refractivity contribution in [1.29, 1.82) is 0 Å². The zero-order valence-corrected chi connectivity index (χ0v) is 24.2. The maximum absolute atomic E-state index is 13.7. The van der Waals surface area contributed by atoms with Gasteiger partial charge in [-0.15, -0.1) is 0 Å². The summed E-state index contributed by atoms with van der Waals surface area (Å²) in [6.45, 7) is 2.92. The van der Waals surface area contributed by atoms with E-state index in [9.17, 15) is 18.0 Å². The summed E-state index contributed by atoms with van der Waals surface area (Å²) in [6.07, 6.45) is 6.05. The molecule has 11 heteroatoms. The summed E-state index contributed by atoms with van der Waals surface area (Å²) in [5.74, 6) is -0.853. The van der Waals surface area contributed by atoms with E-state index in [0.717, 1.165) is 48.2 Å². The fourth-order valence-corrected chi connectivity index (χ4v) is 5.82. The number of anilines is 1. The molecule has 0 heterocycles. The second kappa shape index (κ2) is 12.7. The number of amides is 2. The highest BCUT2D eigenvalue weighted by atomic mass is 35.5. The Bertz CT molecular complexity index is 1250. The Hall–Kier alpha value is -2.00. The van der Waals surface area contributed by atoms with Gasteiger partial charge in [-0.05, 0) is 62.1 Å². The smallest absolute Gasteiger partial charge is 0.244 e. The molecule has 2 aromatic rings. The van der Waals surface area contributed by atoms with Crippen LogP contribution in [0.3, 0.4) is 0 Å². The van der Waals surface area contributed by atoms with E-state index in [4.69, 9.17) is 34.8 Å². The molecule has 0 spiro atoms. The van der Waals surface area contributed by atoms with Crippen molar-refractivity contribution in [3.8, 4) is 0 Å². The number of carbonyl (C=O) groups excluding carboxylic acids is 2. The largest absolute Gasteiger partial charge is 0.352 e. The third kappa shape index (κ3) is 7.99. The Balaban J connectivity index is 1.91. The van der Waals surface area contributed by atoms with Gasteiger partial charge in [-0.25, -0.2) is 8.42 Å². The van der Waals surface area contributed by atoms with Crippen LogP contribution in [-0.2, 0) is 26.2 Å². The zero-order chi connectivity index (χ0) is 27.3. The van der Waals surface area contributed by atoms with Crippen LogP contribution in [0.5, 0.6) is 0 Å². The third-order valence-electron chi connectivity index (χ3n) is 6.60. The number of nitrogens with zero attached hydrogens (tertiary/aromatic N) is 2. The monoisotopic (exact) mass is 587 g/mol. The van der Waals surface area contributed by atoms with E-state index in [-0.39, 0.29) is 24.2 Å². The van der Waals surface area contributed by atoms with E-state index in [0.29, 0.717) is 20.6 Å². The lowest BCUT2D eigenvalue weighted by Crippen LogP contribution is -2.53. The van der Waals surface area contributed by atoms with E-state index in [2.05, 4.69) is 5.32 Å². The van der Waals surface area contributed by atoms with Crippen molar-refractivity contribution >= 4 is 62.3 Å². The first kappa shape index (κ1) is 29.6. The Morgan fingerprint density at radius 1 is 1.03 bits per heavy atom. The van der Waals surface area contributed by atoms with E-state index in [1.165, 1.54) is 11.0 Å². The van der Waals surface area contributed by atoms with Gasteiger partial charge in [0.2, 0.25) is 21.8 Å². The lowest BCUT2D eigenvalue weighted by Gasteiger charge is -2.33. The Kier molecular flexibility index (Phi) is 10.1. The number of halogens is 3. The molecule has 0 bridgehead atoms. The van der Waals surface area contributed by atoms with Crippen molar-refractivity contribution in [2.75, 3.05) is 17.1 Å². The van der Waals surface area contributed by atoms with Crippen LogP contribution in [0, 0.1) is 6.92 Å². The van der Waals surface area contributed by atoms with E-state index < -0.39 is 28.5 Å². The Morgan fingerprint density at radius 3 is 2.30 bits per heavy atom. The van der Waals surface area contributed by atoms with Crippen molar-refractivity contribution in [2.45, 2.75) is 64.6 Å². The molecule has 202 valence electrons. The summed E-state index contributed by atoms with van der Waals surface area (Å²) in [5.41, 5.74) is 1.62. The van der Waals surface area contributed by atoms with Gasteiger partial charge in [-0.3, -0.25) is 13.9 Å². The van der Waals surface area contributed by atoms with E-state index in [1.807, 2.05) is 0 Å². The maximum atomic E-state index is 13.7. The standard InChI is InChI=1S/C26H32Cl3N3O4S/c1-17-9-12-22(14-23(17)28)32(37(3,35)36)16-25(33)31(15-19-10-11-20(27)13-24(19)29)18(2)26(34)30-21-7-5-4-6-8-21/h9-14,18,21H,4-8,15-16H2,1-3H3,(H,30,34)/t18-/m1/s1. The Labute approximate surface area is 234 Å². The van der Waals surface area contributed by atoms with Gasteiger partial charge in [0.1, 0.15) is 12.6 Å². The minimum Gasteiger partial charge on any atom is -0.352 e. The minimum absolute atomic E-state index is 0.000342. The van der Waals surface area contributed by atoms with Crippen molar-refractivity contribution in [3.63, 3.8) is 0 Å². The first-order valence-corrected chi connectivity index (χ1v) is 15.1. The van der Waals surface area contributed by atoms with Crippen LogP contribution in [0.4, 0.5) is 5.69 Å². The van der Waals surface area contributed by atoms with Crippen LogP contribution in [0.2, 0.25) is 15.1 Å². The molecule has 0 radical (unpaired) electrons. The number of rotatable bonds is 9. The molecule has 2 amide bonds. The predicted octanol–water partition coefficient (Wildman–Crippen LogP) is 5.59. The Morgan fingerprint density at radius 2 is 1.70 bits per heavy atom. The topological polar surface area (TPSA) is 86.8 Å². The molecule has 1 saturated carbocycles. The lowest BCUT2D eigenvalue weighted by molar-refractivity contribution is -0.139. The maximum Gasteiger partial charge on any atom is 0.244 e. The van der Waals surface area contributed by atoms with Crippen LogP contribution in [0.15, 0.2) is 36.4 Å². The van der Waals surface area contributed by atoms with Crippen molar-refractivity contribution < 1.29 is 18.0 Å². The number of nitrogens with one attached hydrogen (secondary N) is 1. The fourth-order valence-electron chi connectivity index (χ4n) is 4.34. The number of carbonyl (C=O) groups is 2. The fraction of sp³-hybridized carbons (Fsp3) is 0.462. The van der Waals surface area contributed by atoms with Crippen LogP contribution >= 0.6 is 34.8 Å². The summed E-state index contributed by atoms with van der Waals surface area (Å²) < 4.78 is 26.4. The number of sulfonamides is 1.